The first-order valence-electron chi connectivity index (χ1n) is 6.48. The number of carboxylic acids is 1. The van der Waals surface area contributed by atoms with Gasteiger partial charge in [-0.25, -0.2) is 4.79 Å². The average Bonchev–Trinajstić information content (AvgIpc) is 2.41. The molecule has 0 aliphatic rings. The van der Waals surface area contributed by atoms with Gasteiger partial charge in [0.05, 0.1) is 12.1 Å². The van der Waals surface area contributed by atoms with Crippen LogP contribution >= 0.6 is 0 Å². The molecule has 0 saturated carbocycles. The van der Waals surface area contributed by atoms with Crippen LogP contribution in [0.15, 0.2) is 4.79 Å². The summed E-state index contributed by atoms with van der Waals surface area (Å²) in [6.45, 7) is 3.48. The summed E-state index contributed by atoms with van der Waals surface area (Å²) < 4.78 is 1.25. The lowest BCUT2D eigenvalue weighted by Gasteiger charge is -2.16. The molecule has 0 aliphatic heterocycles. The molecule has 0 aliphatic carbocycles. The van der Waals surface area contributed by atoms with E-state index in [4.69, 9.17) is 5.11 Å². The average molecular weight is 281 g/mol. The molecule has 1 rings (SSSR count). The van der Waals surface area contributed by atoms with Crippen LogP contribution in [0.3, 0.4) is 0 Å². The summed E-state index contributed by atoms with van der Waals surface area (Å²) in [6.07, 6.45) is 0.739. The molecule has 1 heterocycles. The fraction of sp³-hybridized carbons (Fsp3) is 0.538. The van der Waals surface area contributed by atoms with Crippen molar-refractivity contribution in [2.75, 3.05) is 7.05 Å². The third kappa shape index (κ3) is 3.43. The molecule has 110 valence electrons. The first-order chi connectivity index (χ1) is 9.44. The van der Waals surface area contributed by atoms with Crippen molar-refractivity contribution in [3.8, 4) is 0 Å². The summed E-state index contributed by atoms with van der Waals surface area (Å²) in [5, 5.41) is 11.4. The minimum Gasteiger partial charge on any atom is -0.481 e. The van der Waals surface area contributed by atoms with Crippen molar-refractivity contribution < 1.29 is 14.7 Å². The third-order valence-corrected chi connectivity index (χ3v) is 3.06. The second kappa shape index (κ2) is 6.83. The highest BCUT2D eigenvalue weighted by Gasteiger charge is 2.18. The zero-order valence-electron chi connectivity index (χ0n) is 11.9. The Morgan fingerprint density at radius 2 is 1.95 bits per heavy atom. The van der Waals surface area contributed by atoms with Crippen LogP contribution < -0.4 is 11.0 Å². The van der Waals surface area contributed by atoms with Gasteiger partial charge in [-0.2, -0.15) is 4.98 Å². The van der Waals surface area contributed by atoms with Gasteiger partial charge in [0.2, 0.25) is 5.91 Å². The number of hydrogen-bond acceptors (Lipinski definition) is 4. The molecular weight excluding hydrogens is 262 g/mol. The van der Waals surface area contributed by atoms with Crippen molar-refractivity contribution in [1.29, 1.82) is 0 Å². The molecule has 1 amide bonds. The molecule has 7 heteroatoms. The maximum atomic E-state index is 12.0. The van der Waals surface area contributed by atoms with Crippen molar-refractivity contribution in [3.63, 3.8) is 0 Å². The summed E-state index contributed by atoms with van der Waals surface area (Å²) in [5.41, 5.74) is 1.07. The quantitative estimate of drug-likeness (QED) is 0.748. The van der Waals surface area contributed by atoms with Gasteiger partial charge in [-0.05, 0) is 12.8 Å². The molecule has 20 heavy (non-hydrogen) atoms. The van der Waals surface area contributed by atoms with Crippen LogP contribution in [-0.4, -0.2) is 33.6 Å². The predicted octanol–water partition coefficient (Wildman–Crippen LogP) is -0.259. The molecule has 2 N–H and O–H groups in total. The van der Waals surface area contributed by atoms with Crippen LogP contribution in [0.5, 0.6) is 0 Å². The van der Waals surface area contributed by atoms with E-state index in [2.05, 4.69) is 10.3 Å². The number of hydrogen-bond donors (Lipinski definition) is 2. The third-order valence-electron chi connectivity index (χ3n) is 3.06. The molecule has 0 spiro atoms. The van der Waals surface area contributed by atoms with E-state index in [1.165, 1.54) is 11.6 Å². The zero-order valence-corrected chi connectivity index (χ0v) is 11.9. The lowest BCUT2D eigenvalue weighted by molar-refractivity contribution is -0.136. The molecule has 1 aromatic rings. The van der Waals surface area contributed by atoms with Gasteiger partial charge < -0.3 is 10.4 Å². The topological polar surface area (TPSA) is 101 Å². The van der Waals surface area contributed by atoms with Crippen LogP contribution in [0, 0.1) is 0 Å². The number of nitrogens with zero attached hydrogens (tertiary/aromatic N) is 2. The summed E-state index contributed by atoms with van der Waals surface area (Å²) in [6, 6.07) is 0. The van der Waals surface area contributed by atoms with Crippen molar-refractivity contribution in [2.24, 2.45) is 0 Å². The smallest absolute Gasteiger partial charge is 0.348 e. The van der Waals surface area contributed by atoms with Crippen molar-refractivity contribution >= 4 is 11.9 Å². The van der Waals surface area contributed by atoms with E-state index in [0.717, 1.165) is 0 Å². The highest BCUT2D eigenvalue weighted by atomic mass is 16.4. The fourth-order valence-electron chi connectivity index (χ4n) is 2.13. The van der Waals surface area contributed by atoms with E-state index in [1.807, 2.05) is 13.8 Å². The Kier molecular flexibility index (Phi) is 5.42. The Labute approximate surface area is 116 Å². The number of likely N-dealkylation sites (N-methyl/N-ethyl adjacent to an activating group) is 1. The van der Waals surface area contributed by atoms with E-state index in [-0.39, 0.29) is 18.9 Å². The van der Waals surface area contributed by atoms with Crippen LogP contribution in [0.1, 0.15) is 30.8 Å². The molecular formula is C13H19N3O4. The number of carbonyl (C=O) groups is 2. The SMILES string of the molecule is CCc1nc(=O)n(CC(=O)NC)c(CC)c1CC(=O)O. The highest BCUT2D eigenvalue weighted by molar-refractivity contribution is 5.75. The van der Waals surface area contributed by atoms with Gasteiger partial charge in [0.1, 0.15) is 6.54 Å². The Morgan fingerprint density at radius 1 is 1.30 bits per heavy atom. The predicted molar refractivity (Wildman–Crippen MR) is 72.7 cm³/mol. The van der Waals surface area contributed by atoms with Gasteiger partial charge in [-0.15, -0.1) is 0 Å². The standard InChI is InChI=1S/C13H19N3O4/c1-4-9-8(6-12(18)19)10(5-2)16(13(20)15-9)7-11(17)14-3/h4-7H2,1-3H3,(H,14,17)(H,18,19). The Morgan fingerprint density at radius 3 is 2.40 bits per heavy atom. The lowest BCUT2D eigenvalue weighted by Crippen LogP contribution is -2.35. The van der Waals surface area contributed by atoms with Crippen molar-refractivity contribution in [1.82, 2.24) is 14.9 Å². The number of aliphatic carboxylic acids is 1. The fourth-order valence-corrected chi connectivity index (χ4v) is 2.13. The molecule has 0 bridgehead atoms. The monoisotopic (exact) mass is 281 g/mol. The second-order valence-corrected chi connectivity index (χ2v) is 4.30. The molecule has 7 nitrogen and oxygen atoms in total. The van der Waals surface area contributed by atoms with E-state index >= 15 is 0 Å². The van der Waals surface area contributed by atoms with E-state index in [1.54, 1.807) is 0 Å². The molecule has 0 atom stereocenters. The van der Waals surface area contributed by atoms with Crippen LogP contribution in [0.2, 0.25) is 0 Å². The van der Waals surface area contributed by atoms with Crippen LogP contribution in [0.25, 0.3) is 0 Å². The lowest BCUT2D eigenvalue weighted by atomic mass is 10.0. The van der Waals surface area contributed by atoms with Gasteiger partial charge in [0.15, 0.2) is 0 Å². The number of rotatable bonds is 6. The number of carboxylic acid groups (broad SMARTS) is 1. The number of aryl methyl sites for hydroxylation is 1. The van der Waals surface area contributed by atoms with Gasteiger partial charge in [0.25, 0.3) is 0 Å². The normalized spacial score (nSPS) is 10.3. The minimum absolute atomic E-state index is 0.151. The first kappa shape index (κ1) is 15.9. The molecule has 1 aromatic heterocycles. The van der Waals surface area contributed by atoms with Crippen LogP contribution in [-0.2, 0) is 35.4 Å². The number of amides is 1. The van der Waals surface area contributed by atoms with E-state index in [0.29, 0.717) is 29.8 Å². The van der Waals surface area contributed by atoms with Gasteiger partial charge >= 0.3 is 11.7 Å². The summed E-state index contributed by atoms with van der Waals surface area (Å²) in [7, 11) is 1.48. The zero-order chi connectivity index (χ0) is 15.3. The summed E-state index contributed by atoms with van der Waals surface area (Å²) >= 11 is 0. The maximum absolute atomic E-state index is 12.0. The second-order valence-electron chi connectivity index (χ2n) is 4.30. The molecule has 0 saturated heterocycles. The maximum Gasteiger partial charge on any atom is 0.348 e. The Bertz CT molecular complexity index is 578. The first-order valence-corrected chi connectivity index (χ1v) is 6.48. The Hall–Kier alpha value is -2.18. The van der Waals surface area contributed by atoms with Gasteiger partial charge in [-0.3, -0.25) is 14.2 Å². The largest absolute Gasteiger partial charge is 0.481 e. The minimum atomic E-state index is -0.985. The molecule has 0 aromatic carbocycles. The summed E-state index contributed by atoms with van der Waals surface area (Å²) in [5.74, 6) is -1.31. The molecule has 0 fully saturated rings. The van der Waals surface area contributed by atoms with Crippen LogP contribution in [0.4, 0.5) is 0 Å². The molecule has 0 unspecified atom stereocenters. The van der Waals surface area contributed by atoms with Gasteiger partial charge in [-0.1, -0.05) is 13.8 Å². The Balaban J connectivity index is 3.47. The van der Waals surface area contributed by atoms with Gasteiger partial charge in [0, 0.05) is 18.3 Å². The number of carbonyl (C=O) groups excluding carboxylic acids is 1. The van der Waals surface area contributed by atoms with E-state index < -0.39 is 11.7 Å². The number of nitrogens with one attached hydrogen (secondary N) is 1. The van der Waals surface area contributed by atoms with Crippen molar-refractivity contribution in [3.05, 3.63) is 27.4 Å². The van der Waals surface area contributed by atoms with E-state index in [9.17, 15) is 14.4 Å². The summed E-state index contributed by atoms with van der Waals surface area (Å²) in [4.78, 5) is 38.4. The molecule has 0 radical (unpaired) electrons. The number of aromatic nitrogens is 2. The highest BCUT2D eigenvalue weighted by Crippen LogP contribution is 2.14. The van der Waals surface area contributed by atoms with Crippen molar-refractivity contribution in [2.45, 2.75) is 39.7 Å².